The molecule has 0 spiro atoms. The van der Waals surface area contributed by atoms with E-state index in [1.807, 2.05) is 31.2 Å². The number of fused-ring (bicyclic) bond motifs is 3. The molecule has 1 saturated carbocycles. The summed E-state index contributed by atoms with van der Waals surface area (Å²) in [5, 5.41) is 5.95. The summed E-state index contributed by atoms with van der Waals surface area (Å²) in [6.45, 7) is 6.46. The Kier molecular flexibility index (Phi) is 7.82. The predicted molar refractivity (Wildman–Crippen MR) is 151 cm³/mol. The van der Waals surface area contributed by atoms with E-state index in [1.54, 1.807) is 7.05 Å². The topological polar surface area (TPSA) is 100 Å². The quantitative estimate of drug-likeness (QED) is 0.376. The normalized spacial score (nSPS) is 19.3. The van der Waals surface area contributed by atoms with Crippen molar-refractivity contribution < 1.29 is 19.1 Å². The second-order valence-electron chi connectivity index (χ2n) is 10.6. The SMILES string of the molecule is C=C1C[C@@H](C(=O)N[C@@H](CCC)C(=NC)C(=O)NC2CC2)N(C(=O)OCC2c3ccccc3-c3ccccc32)C1. The van der Waals surface area contributed by atoms with Crippen LogP contribution in [0.1, 0.15) is 56.1 Å². The summed E-state index contributed by atoms with van der Waals surface area (Å²) in [5.41, 5.74) is 5.66. The third kappa shape index (κ3) is 5.60. The Morgan fingerprint density at radius 3 is 2.31 bits per heavy atom. The molecule has 204 valence electrons. The van der Waals surface area contributed by atoms with Gasteiger partial charge in [-0.1, -0.05) is 74.0 Å². The van der Waals surface area contributed by atoms with E-state index in [9.17, 15) is 14.4 Å². The fourth-order valence-corrected chi connectivity index (χ4v) is 5.64. The zero-order valence-corrected chi connectivity index (χ0v) is 22.6. The maximum atomic E-state index is 13.5. The number of hydrogen-bond acceptors (Lipinski definition) is 5. The van der Waals surface area contributed by atoms with Gasteiger partial charge in [0.05, 0.1) is 6.04 Å². The van der Waals surface area contributed by atoms with E-state index < -0.39 is 18.2 Å². The summed E-state index contributed by atoms with van der Waals surface area (Å²) in [7, 11) is 1.57. The zero-order valence-electron chi connectivity index (χ0n) is 22.6. The standard InChI is InChI=1S/C31H36N4O4/c1-4-9-26(28(32-3)30(37)33-20-14-15-20)34-29(36)27-16-19(2)17-35(27)31(38)39-18-25-23-12-7-5-10-21(23)22-11-6-8-13-24(22)25/h5-8,10-13,20,25-27H,2,4,9,14-18H2,1,3H3,(H,33,37)(H,34,36)/t26-,27-/m0/s1. The highest BCUT2D eigenvalue weighted by atomic mass is 16.6. The Morgan fingerprint density at radius 1 is 1.08 bits per heavy atom. The minimum absolute atomic E-state index is 0.0679. The van der Waals surface area contributed by atoms with E-state index in [0.29, 0.717) is 18.6 Å². The van der Waals surface area contributed by atoms with Crippen LogP contribution in [-0.2, 0) is 14.3 Å². The number of likely N-dealkylation sites (tertiary alicyclic amines) is 1. The molecule has 0 aromatic heterocycles. The average Bonchev–Trinajstić information content (AvgIpc) is 3.57. The Bertz CT molecular complexity index is 1270. The highest BCUT2D eigenvalue weighted by molar-refractivity contribution is 6.41. The van der Waals surface area contributed by atoms with Gasteiger partial charge in [-0.15, -0.1) is 0 Å². The van der Waals surface area contributed by atoms with Crippen molar-refractivity contribution in [3.05, 3.63) is 71.8 Å². The number of aliphatic imine (C=N–C) groups is 1. The van der Waals surface area contributed by atoms with Gasteiger partial charge in [0.15, 0.2) is 0 Å². The fourth-order valence-electron chi connectivity index (χ4n) is 5.64. The monoisotopic (exact) mass is 528 g/mol. The average molecular weight is 529 g/mol. The summed E-state index contributed by atoms with van der Waals surface area (Å²) >= 11 is 0. The van der Waals surface area contributed by atoms with Crippen LogP contribution in [0.3, 0.4) is 0 Å². The first kappa shape index (κ1) is 26.7. The first-order valence-electron chi connectivity index (χ1n) is 13.8. The zero-order chi connectivity index (χ0) is 27.5. The van der Waals surface area contributed by atoms with E-state index >= 15 is 0 Å². The molecule has 1 aliphatic heterocycles. The lowest BCUT2D eigenvalue weighted by atomic mass is 9.98. The molecule has 0 unspecified atom stereocenters. The summed E-state index contributed by atoms with van der Waals surface area (Å²) < 4.78 is 5.84. The molecule has 8 heteroatoms. The lowest BCUT2D eigenvalue weighted by Crippen LogP contribution is -2.53. The molecular weight excluding hydrogens is 492 g/mol. The van der Waals surface area contributed by atoms with E-state index in [4.69, 9.17) is 4.74 Å². The Labute approximate surface area is 229 Å². The molecule has 39 heavy (non-hydrogen) atoms. The maximum Gasteiger partial charge on any atom is 0.410 e. The number of ether oxygens (including phenoxy) is 1. The lowest BCUT2D eigenvalue weighted by molar-refractivity contribution is -0.125. The predicted octanol–water partition coefficient (Wildman–Crippen LogP) is 4.20. The number of rotatable bonds is 9. The van der Waals surface area contributed by atoms with Gasteiger partial charge in [0.2, 0.25) is 5.91 Å². The second kappa shape index (κ2) is 11.4. The van der Waals surface area contributed by atoms with Gasteiger partial charge in [-0.2, -0.15) is 0 Å². The van der Waals surface area contributed by atoms with Crippen molar-refractivity contribution in [2.45, 2.75) is 63.1 Å². The van der Waals surface area contributed by atoms with Gasteiger partial charge in [0.1, 0.15) is 18.4 Å². The molecule has 2 N–H and O–H groups in total. The smallest absolute Gasteiger partial charge is 0.410 e. The summed E-state index contributed by atoms with van der Waals surface area (Å²) in [6, 6.07) is 15.2. The second-order valence-corrected chi connectivity index (χ2v) is 10.6. The number of nitrogens with one attached hydrogen (secondary N) is 2. The van der Waals surface area contributed by atoms with Crippen LogP contribution in [0.25, 0.3) is 11.1 Å². The first-order chi connectivity index (χ1) is 18.9. The largest absolute Gasteiger partial charge is 0.448 e. The molecule has 2 atom stereocenters. The third-order valence-corrected chi connectivity index (χ3v) is 7.74. The Hall–Kier alpha value is -3.94. The molecular formula is C31H36N4O4. The first-order valence-corrected chi connectivity index (χ1v) is 13.8. The van der Waals surface area contributed by atoms with Crippen LogP contribution in [0.4, 0.5) is 4.79 Å². The Morgan fingerprint density at radius 2 is 1.72 bits per heavy atom. The van der Waals surface area contributed by atoms with Crippen molar-refractivity contribution >= 4 is 23.6 Å². The highest BCUT2D eigenvalue weighted by Crippen LogP contribution is 2.44. The molecule has 2 aliphatic carbocycles. The molecule has 0 bridgehead atoms. The molecule has 1 heterocycles. The molecule has 5 rings (SSSR count). The van der Waals surface area contributed by atoms with Gasteiger partial charge >= 0.3 is 6.09 Å². The summed E-state index contributed by atoms with van der Waals surface area (Å²) in [5.74, 6) is -0.648. The third-order valence-electron chi connectivity index (χ3n) is 7.74. The number of carbonyl (C=O) groups excluding carboxylic acids is 3. The van der Waals surface area contributed by atoms with Crippen LogP contribution < -0.4 is 10.6 Å². The summed E-state index contributed by atoms with van der Waals surface area (Å²) in [6.07, 6.45) is 3.06. The van der Waals surface area contributed by atoms with E-state index in [0.717, 1.165) is 47.1 Å². The van der Waals surface area contributed by atoms with Crippen LogP contribution in [0.2, 0.25) is 0 Å². The molecule has 2 aromatic carbocycles. The number of carbonyl (C=O) groups is 3. The minimum atomic E-state index is -0.753. The number of hydrogen-bond donors (Lipinski definition) is 2. The van der Waals surface area contributed by atoms with Crippen LogP contribution in [0.15, 0.2) is 65.7 Å². The van der Waals surface area contributed by atoms with Crippen molar-refractivity contribution in [3.8, 4) is 11.1 Å². The van der Waals surface area contributed by atoms with E-state index in [-0.39, 0.29) is 36.9 Å². The summed E-state index contributed by atoms with van der Waals surface area (Å²) in [4.78, 5) is 45.2. The van der Waals surface area contributed by atoms with Gasteiger partial charge in [0.25, 0.3) is 5.91 Å². The van der Waals surface area contributed by atoms with Crippen LogP contribution >= 0.6 is 0 Å². The van der Waals surface area contributed by atoms with E-state index in [2.05, 4.69) is 46.5 Å². The minimum Gasteiger partial charge on any atom is -0.448 e. The molecule has 2 aromatic rings. The van der Waals surface area contributed by atoms with Crippen molar-refractivity contribution in [2.75, 3.05) is 20.2 Å². The van der Waals surface area contributed by atoms with Gasteiger partial charge in [0, 0.05) is 25.6 Å². The lowest BCUT2D eigenvalue weighted by Gasteiger charge is -2.27. The van der Waals surface area contributed by atoms with Crippen molar-refractivity contribution in [1.82, 2.24) is 15.5 Å². The molecule has 1 saturated heterocycles. The van der Waals surface area contributed by atoms with Crippen molar-refractivity contribution in [3.63, 3.8) is 0 Å². The van der Waals surface area contributed by atoms with E-state index in [1.165, 1.54) is 4.90 Å². The van der Waals surface area contributed by atoms with Gasteiger partial charge in [-0.05, 0) is 47.9 Å². The molecule has 3 aliphatic rings. The maximum absolute atomic E-state index is 13.5. The molecule has 0 radical (unpaired) electrons. The van der Waals surface area contributed by atoms with Gasteiger partial charge in [-0.3, -0.25) is 19.5 Å². The number of benzene rings is 2. The van der Waals surface area contributed by atoms with Crippen LogP contribution in [0.5, 0.6) is 0 Å². The van der Waals surface area contributed by atoms with Crippen molar-refractivity contribution in [1.29, 1.82) is 0 Å². The fraction of sp³-hybridized carbons (Fsp3) is 0.419. The van der Waals surface area contributed by atoms with Gasteiger partial charge in [-0.25, -0.2) is 4.79 Å². The molecule has 8 nitrogen and oxygen atoms in total. The molecule has 2 fully saturated rings. The Balaban J connectivity index is 1.26. The molecule has 3 amide bonds. The number of nitrogens with zero attached hydrogens (tertiary/aromatic N) is 2. The van der Waals surface area contributed by atoms with Crippen LogP contribution in [0, 0.1) is 0 Å². The highest BCUT2D eigenvalue weighted by Gasteiger charge is 2.39. The number of amides is 3. The van der Waals surface area contributed by atoms with Crippen LogP contribution in [-0.4, -0.2) is 66.8 Å². The van der Waals surface area contributed by atoms with Crippen molar-refractivity contribution in [2.24, 2.45) is 4.99 Å². The van der Waals surface area contributed by atoms with Gasteiger partial charge < -0.3 is 15.4 Å².